The van der Waals surface area contributed by atoms with Crippen LogP contribution in [0.1, 0.15) is 57.1 Å². The van der Waals surface area contributed by atoms with E-state index in [0.29, 0.717) is 65.0 Å². The molecule has 0 spiro atoms. The van der Waals surface area contributed by atoms with Crippen LogP contribution in [0.2, 0.25) is 0 Å². The summed E-state index contributed by atoms with van der Waals surface area (Å²) >= 11 is 0. The maximum atomic E-state index is 13.7. The zero-order valence-corrected chi connectivity index (χ0v) is 23.3. The quantitative estimate of drug-likeness (QED) is 0.481. The van der Waals surface area contributed by atoms with Gasteiger partial charge < -0.3 is 15.2 Å². The highest BCUT2D eigenvalue weighted by atomic mass is 32.2. The van der Waals surface area contributed by atoms with E-state index in [1.54, 1.807) is 13.0 Å². The summed E-state index contributed by atoms with van der Waals surface area (Å²) in [6, 6.07) is 0.312. The van der Waals surface area contributed by atoms with Gasteiger partial charge >= 0.3 is 0 Å². The van der Waals surface area contributed by atoms with E-state index in [2.05, 4.69) is 20.2 Å². The molecule has 14 heteroatoms. The molecule has 0 amide bonds. The van der Waals surface area contributed by atoms with E-state index in [1.165, 1.54) is 20.5 Å². The van der Waals surface area contributed by atoms with Crippen LogP contribution in [0, 0.1) is 0 Å². The van der Waals surface area contributed by atoms with Crippen LogP contribution in [-0.4, -0.2) is 94.8 Å². The van der Waals surface area contributed by atoms with Gasteiger partial charge in [0, 0.05) is 55.8 Å². The van der Waals surface area contributed by atoms with Crippen LogP contribution in [0.25, 0.3) is 11.0 Å². The van der Waals surface area contributed by atoms with Crippen molar-refractivity contribution < 1.29 is 27.0 Å². The van der Waals surface area contributed by atoms with Gasteiger partial charge in [-0.3, -0.25) is 14.3 Å². The highest BCUT2D eigenvalue weighted by molar-refractivity contribution is 7.92. The molecule has 220 valence electrons. The lowest BCUT2D eigenvalue weighted by Gasteiger charge is -2.31. The molecule has 4 heterocycles. The molecule has 2 aliphatic heterocycles. The number of anilines is 1. The Labute approximate surface area is 231 Å². The Morgan fingerprint density at radius 2 is 1.95 bits per heavy atom. The van der Waals surface area contributed by atoms with Gasteiger partial charge in [0.15, 0.2) is 0 Å². The van der Waals surface area contributed by atoms with E-state index < -0.39 is 39.2 Å². The van der Waals surface area contributed by atoms with Gasteiger partial charge in [0.25, 0.3) is 12.0 Å². The van der Waals surface area contributed by atoms with Crippen molar-refractivity contribution >= 4 is 27.0 Å². The molecule has 1 saturated carbocycles. The fourth-order valence-electron chi connectivity index (χ4n) is 5.82. The number of nitrogens with zero attached hydrogens (tertiary/aromatic N) is 5. The minimum Gasteiger partial charge on any atom is -0.388 e. The number of fused-ring (bicyclic) bond motifs is 1. The summed E-state index contributed by atoms with van der Waals surface area (Å²) < 4.78 is 61.0. The summed E-state index contributed by atoms with van der Waals surface area (Å²) in [4.78, 5) is 24.1. The standard InChI is InChI=1S/C26H36F2N6O5S/c1-26(36)7-2-4-21(26)34-23-18(16-20(22(27)28)24(34)35)17-29-25(31-23)30-19-5-9-33(10-6-19)40(37,38)15-3-8-32-11-13-39-14-12-32/h3,15-17,19,21-22,36H,2,4-14H2,1H3,(H,29,30,31)/b15-3+/t21-,26-/m1/s1. The zero-order chi connectivity index (χ0) is 28.5. The van der Waals surface area contributed by atoms with E-state index in [1.807, 2.05) is 0 Å². The number of halogens is 2. The van der Waals surface area contributed by atoms with Gasteiger partial charge in [-0.1, -0.05) is 6.08 Å². The smallest absolute Gasteiger partial charge is 0.269 e. The van der Waals surface area contributed by atoms with Crippen LogP contribution in [0.4, 0.5) is 14.7 Å². The average molecular weight is 583 g/mol. The molecule has 0 unspecified atom stereocenters. The fourth-order valence-corrected chi connectivity index (χ4v) is 7.04. The predicted molar refractivity (Wildman–Crippen MR) is 146 cm³/mol. The molecule has 0 bridgehead atoms. The van der Waals surface area contributed by atoms with Crippen LogP contribution >= 0.6 is 0 Å². The zero-order valence-electron chi connectivity index (χ0n) is 22.5. The van der Waals surface area contributed by atoms with Crippen molar-refractivity contribution in [2.24, 2.45) is 0 Å². The Bertz CT molecular complexity index is 1400. The van der Waals surface area contributed by atoms with Gasteiger partial charge in [0.05, 0.1) is 30.4 Å². The Morgan fingerprint density at radius 3 is 2.60 bits per heavy atom. The van der Waals surface area contributed by atoms with Gasteiger partial charge in [-0.2, -0.15) is 9.29 Å². The molecule has 1 aliphatic carbocycles. The molecule has 3 fully saturated rings. The number of hydrogen-bond donors (Lipinski definition) is 2. The number of rotatable bonds is 8. The molecule has 0 aromatic carbocycles. The first kappa shape index (κ1) is 29.0. The molecule has 2 N–H and O–H groups in total. The van der Waals surface area contributed by atoms with E-state index in [0.717, 1.165) is 19.2 Å². The van der Waals surface area contributed by atoms with Crippen LogP contribution < -0.4 is 10.9 Å². The number of sulfonamides is 1. The third-order valence-corrected chi connectivity index (χ3v) is 9.73. The first-order chi connectivity index (χ1) is 19.0. The lowest BCUT2D eigenvalue weighted by molar-refractivity contribution is 0.0261. The maximum absolute atomic E-state index is 13.7. The number of aromatic nitrogens is 3. The first-order valence-electron chi connectivity index (χ1n) is 13.7. The van der Waals surface area contributed by atoms with Crippen LogP contribution in [-0.2, 0) is 14.8 Å². The van der Waals surface area contributed by atoms with Gasteiger partial charge in [0.2, 0.25) is 16.0 Å². The molecule has 40 heavy (non-hydrogen) atoms. The molecule has 11 nitrogen and oxygen atoms in total. The number of nitrogens with one attached hydrogen (secondary N) is 1. The normalized spacial score (nSPS) is 25.9. The van der Waals surface area contributed by atoms with E-state index >= 15 is 0 Å². The molecule has 2 atom stereocenters. The average Bonchev–Trinajstić information content (AvgIpc) is 3.27. The summed E-state index contributed by atoms with van der Waals surface area (Å²) in [5.41, 5.74) is -2.55. The van der Waals surface area contributed by atoms with Gasteiger partial charge in [-0.25, -0.2) is 22.2 Å². The molecule has 2 aromatic rings. The maximum Gasteiger partial charge on any atom is 0.269 e. The second-order valence-electron chi connectivity index (χ2n) is 11.0. The molecule has 2 saturated heterocycles. The Balaban J connectivity index is 1.29. The van der Waals surface area contributed by atoms with Crippen LogP contribution in [0.5, 0.6) is 0 Å². The summed E-state index contributed by atoms with van der Waals surface area (Å²) in [6.07, 6.45) is 2.72. The third kappa shape index (κ3) is 6.20. The minimum absolute atomic E-state index is 0.115. The van der Waals surface area contributed by atoms with Crippen molar-refractivity contribution in [2.75, 3.05) is 51.3 Å². The van der Waals surface area contributed by atoms with Gasteiger partial charge in [-0.05, 0) is 45.1 Å². The van der Waals surface area contributed by atoms with Crippen LogP contribution in [0.15, 0.2) is 28.5 Å². The van der Waals surface area contributed by atoms with Crippen LogP contribution in [0.3, 0.4) is 0 Å². The Morgan fingerprint density at radius 1 is 1.23 bits per heavy atom. The second-order valence-corrected chi connectivity index (χ2v) is 12.8. The van der Waals surface area contributed by atoms with Crippen molar-refractivity contribution in [2.45, 2.75) is 63.1 Å². The van der Waals surface area contributed by atoms with Gasteiger partial charge in [0.1, 0.15) is 5.65 Å². The number of ether oxygens (including phenoxy) is 1. The van der Waals surface area contributed by atoms with Crippen molar-refractivity contribution in [1.29, 1.82) is 0 Å². The largest absolute Gasteiger partial charge is 0.388 e. The summed E-state index contributed by atoms with van der Waals surface area (Å²) in [7, 11) is -3.54. The SMILES string of the molecule is C[C@@]1(O)CCC[C@H]1n1c(=O)c(C(F)F)cc2cnc(NC3CCN(S(=O)(=O)/C=C/CN4CCOCC4)CC3)nc21. The highest BCUT2D eigenvalue weighted by Gasteiger charge is 2.40. The summed E-state index contributed by atoms with van der Waals surface area (Å²) in [5, 5.41) is 15.7. The number of aliphatic hydroxyl groups is 1. The first-order valence-corrected chi connectivity index (χ1v) is 15.2. The fraction of sp³-hybridized carbons (Fsp3) is 0.654. The Hall–Kier alpha value is -2.52. The number of alkyl halides is 2. The van der Waals surface area contributed by atoms with E-state index in [4.69, 9.17) is 4.74 Å². The molecule has 2 aromatic heterocycles. The molecular weight excluding hydrogens is 546 g/mol. The van der Waals surface area contributed by atoms with E-state index in [-0.39, 0.29) is 23.0 Å². The lowest BCUT2D eigenvalue weighted by Crippen LogP contribution is -2.42. The number of pyridine rings is 1. The third-order valence-electron chi connectivity index (χ3n) is 8.11. The van der Waals surface area contributed by atoms with Crippen molar-refractivity contribution in [1.82, 2.24) is 23.7 Å². The number of hydrogen-bond acceptors (Lipinski definition) is 9. The molecule has 3 aliphatic rings. The molecular formula is C26H36F2N6O5S. The van der Waals surface area contributed by atoms with Gasteiger partial charge in [-0.15, -0.1) is 0 Å². The monoisotopic (exact) mass is 582 g/mol. The Kier molecular flexibility index (Phi) is 8.53. The lowest BCUT2D eigenvalue weighted by atomic mass is 9.99. The topological polar surface area (TPSA) is 130 Å². The second kappa shape index (κ2) is 11.8. The number of morpholine rings is 1. The summed E-state index contributed by atoms with van der Waals surface area (Å²) in [5.74, 6) is 0.217. The molecule has 0 radical (unpaired) electrons. The van der Waals surface area contributed by atoms with Crippen molar-refractivity contribution in [3.63, 3.8) is 0 Å². The number of piperidine rings is 1. The van der Waals surface area contributed by atoms with Crippen molar-refractivity contribution in [3.8, 4) is 0 Å². The molecule has 5 rings (SSSR count). The summed E-state index contributed by atoms with van der Waals surface area (Å²) in [6.45, 7) is 5.67. The minimum atomic E-state index is -3.54. The predicted octanol–water partition coefficient (Wildman–Crippen LogP) is 2.26. The van der Waals surface area contributed by atoms with Crippen molar-refractivity contribution in [3.05, 3.63) is 39.7 Å². The van der Waals surface area contributed by atoms with E-state index in [9.17, 15) is 27.1 Å². The highest BCUT2D eigenvalue weighted by Crippen LogP contribution is 2.40.